The third-order valence-electron chi connectivity index (χ3n) is 1.97. The summed E-state index contributed by atoms with van der Waals surface area (Å²) in [6.45, 7) is 0. The van der Waals surface area contributed by atoms with Crippen molar-refractivity contribution in [2.45, 2.75) is 0 Å². The molecule has 0 spiro atoms. The molecule has 1 aromatic heterocycles. The fourth-order valence-electron chi connectivity index (χ4n) is 1.31. The number of aryl methyl sites for hydroxylation is 1. The Morgan fingerprint density at radius 1 is 1.54 bits per heavy atom. The summed E-state index contributed by atoms with van der Waals surface area (Å²) >= 11 is 5.86. The quantitative estimate of drug-likeness (QED) is 0.652. The van der Waals surface area contributed by atoms with Crippen LogP contribution in [0.25, 0.3) is 10.9 Å². The minimum atomic E-state index is 0.432. The van der Waals surface area contributed by atoms with Crippen LogP contribution in [0.2, 0.25) is 5.15 Å². The first-order chi connectivity index (χ1) is 6.22. The maximum Gasteiger partial charge on any atom is 0.158 e. The molecule has 0 aliphatic rings. The molecule has 0 amide bonds. The predicted octanol–water partition coefficient (Wildman–Crippen LogP) is 2.04. The number of nitrogens with zero attached hydrogens (tertiary/aromatic N) is 2. The van der Waals surface area contributed by atoms with E-state index < -0.39 is 0 Å². The maximum atomic E-state index is 10.5. The first-order valence-electron chi connectivity index (χ1n) is 3.80. The Bertz CT molecular complexity index is 476. The second-order valence-corrected chi connectivity index (χ2v) is 3.17. The number of aldehydes is 1. The standard InChI is InChI=1S/C9H7ClN2O/c1-12-8-3-2-6(5-13)4-7(8)9(10)11-12/h2-5H,1H3. The van der Waals surface area contributed by atoms with E-state index in [4.69, 9.17) is 11.6 Å². The normalized spacial score (nSPS) is 10.6. The average Bonchev–Trinajstić information content (AvgIpc) is 2.42. The molecule has 13 heavy (non-hydrogen) atoms. The molecule has 1 aromatic carbocycles. The minimum Gasteiger partial charge on any atom is -0.298 e. The van der Waals surface area contributed by atoms with Crippen LogP contribution in [0.3, 0.4) is 0 Å². The molecule has 0 bridgehead atoms. The smallest absolute Gasteiger partial charge is 0.158 e. The highest BCUT2D eigenvalue weighted by Gasteiger charge is 2.05. The van der Waals surface area contributed by atoms with Crippen LogP contribution < -0.4 is 0 Å². The molecular formula is C9H7ClN2O. The summed E-state index contributed by atoms with van der Waals surface area (Å²) < 4.78 is 1.69. The van der Waals surface area contributed by atoms with E-state index in [-0.39, 0.29) is 0 Å². The van der Waals surface area contributed by atoms with Gasteiger partial charge in [0.05, 0.1) is 5.52 Å². The lowest BCUT2D eigenvalue weighted by atomic mass is 10.2. The maximum absolute atomic E-state index is 10.5. The Balaban J connectivity index is 2.83. The lowest BCUT2D eigenvalue weighted by molar-refractivity contribution is 0.112. The Kier molecular flexibility index (Phi) is 1.81. The van der Waals surface area contributed by atoms with Crippen LogP contribution >= 0.6 is 11.6 Å². The molecule has 0 saturated heterocycles. The summed E-state index contributed by atoms with van der Waals surface area (Å²) in [7, 11) is 1.81. The minimum absolute atomic E-state index is 0.432. The van der Waals surface area contributed by atoms with E-state index in [1.165, 1.54) is 0 Å². The lowest BCUT2D eigenvalue weighted by Gasteiger charge is -1.93. The van der Waals surface area contributed by atoms with Crippen LogP contribution in [0, 0.1) is 0 Å². The van der Waals surface area contributed by atoms with Gasteiger partial charge in [-0.3, -0.25) is 9.48 Å². The van der Waals surface area contributed by atoms with Gasteiger partial charge in [0.25, 0.3) is 0 Å². The van der Waals surface area contributed by atoms with Crippen LogP contribution in [-0.4, -0.2) is 16.1 Å². The van der Waals surface area contributed by atoms with Crippen LogP contribution in [0.4, 0.5) is 0 Å². The van der Waals surface area contributed by atoms with E-state index in [1.807, 2.05) is 13.1 Å². The Labute approximate surface area is 79.9 Å². The largest absolute Gasteiger partial charge is 0.298 e. The van der Waals surface area contributed by atoms with E-state index >= 15 is 0 Å². The second-order valence-electron chi connectivity index (χ2n) is 2.81. The van der Waals surface area contributed by atoms with Crippen molar-refractivity contribution in [1.29, 1.82) is 0 Å². The van der Waals surface area contributed by atoms with Crippen molar-refractivity contribution in [2.75, 3.05) is 0 Å². The third-order valence-corrected chi connectivity index (χ3v) is 2.24. The number of rotatable bonds is 1. The average molecular weight is 195 g/mol. The van der Waals surface area contributed by atoms with Gasteiger partial charge in [0, 0.05) is 18.0 Å². The summed E-state index contributed by atoms with van der Waals surface area (Å²) in [5, 5.41) is 5.28. The molecular weight excluding hydrogens is 188 g/mol. The van der Waals surface area contributed by atoms with Gasteiger partial charge in [-0.2, -0.15) is 5.10 Å². The van der Waals surface area contributed by atoms with Gasteiger partial charge >= 0.3 is 0 Å². The van der Waals surface area contributed by atoms with Crippen molar-refractivity contribution in [2.24, 2.45) is 7.05 Å². The molecule has 0 aliphatic heterocycles. The summed E-state index contributed by atoms with van der Waals surface area (Å²) in [6, 6.07) is 5.31. The molecule has 0 N–H and O–H groups in total. The molecule has 2 aromatic rings. The zero-order valence-electron chi connectivity index (χ0n) is 6.99. The van der Waals surface area contributed by atoms with Gasteiger partial charge in [0.1, 0.15) is 6.29 Å². The van der Waals surface area contributed by atoms with Crippen molar-refractivity contribution in [3.05, 3.63) is 28.9 Å². The number of fused-ring (bicyclic) bond motifs is 1. The molecule has 66 valence electrons. The van der Waals surface area contributed by atoms with Crippen molar-refractivity contribution >= 4 is 28.8 Å². The molecule has 0 saturated carbocycles. The summed E-state index contributed by atoms with van der Waals surface area (Å²) in [4.78, 5) is 10.5. The van der Waals surface area contributed by atoms with Crippen LogP contribution in [0.5, 0.6) is 0 Å². The number of hydrogen-bond acceptors (Lipinski definition) is 2. The molecule has 0 fully saturated rings. The summed E-state index contributed by atoms with van der Waals surface area (Å²) in [5.74, 6) is 0. The first-order valence-corrected chi connectivity index (χ1v) is 4.17. The van der Waals surface area contributed by atoms with Gasteiger partial charge in [0.2, 0.25) is 0 Å². The van der Waals surface area contributed by atoms with Gasteiger partial charge in [0.15, 0.2) is 5.15 Å². The zero-order chi connectivity index (χ0) is 9.42. The summed E-state index contributed by atoms with van der Waals surface area (Å²) in [5.41, 5.74) is 1.54. The SMILES string of the molecule is Cn1nc(Cl)c2cc(C=O)ccc21. The highest BCUT2D eigenvalue weighted by Crippen LogP contribution is 2.22. The van der Waals surface area contributed by atoms with Crippen LogP contribution in [0.15, 0.2) is 18.2 Å². The van der Waals surface area contributed by atoms with Gasteiger partial charge < -0.3 is 0 Å². The van der Waals surface area contributed by atoms with Crippen molar-refractivity contribution in [3.8, 4) is 0 Å². The monoisotopic (exact) mass is 194 g/mol. The summed E-state index contributed by atoms with van der Waals surface area (Å²) in [6.07, 6.45) is 0.794. The second kappa shape index (κ2) is 2.85. The van der Waals surface area contributed by atoms with Gasteiger partial charge in [-0.05, 0) is 18.2 Å². The third kappa shape index (κ3) is 1.21. The molecule has 0 aliphatic carbocycles. The Morgan fingerprint density at radius 2 is 2.31 bits per heavy atom. The Morgan fingerprint density at radius 3 is 3.00 bits per heavy atom. The number of halogens is 1. The number of carbonyl (C=O) groups is 1. The fraction of sp³-hybridized carbons (Fsp3) is 0.111. The highest BCUT2D eigenvalue weighted by atomic mass is 35.5. The fourth-order valence-corrected chi connectivity index (χ4v) is 1.58. The molecule has 1 heterocycles. The number of carbonyl (C=O) groups excluding carboxylic acids is 1. The van der Waals surface area contributed by atoms with Gasteiger partial charge in [-0.1, -0.05) is 11.6 Å². The highest BCUT2D eigenvalue weighted by molar-refractivity contribution is 6.34. The number of benzene rings is 1. The molecule has 0 unspecified atom stereocenters. The van der Waals surface area contributed by atoms with Crippen molar-refractivity contribution in [1.82, 2.24) is 9.78 Å². The van der Waals surface area contributed by atoms with E-state index in [2.05, 4.69) is 5.10 Å². The van der Waals surface area contributed by atoms with E-state index in [0.717, 1.165) is 17.2 Å². The van der Waals surface area contributed by atoms with Crippen molar-refractivity contribution in [3.63, 3.8) is 0 Å². The van der Waals surface area contributed by atoms with Gasteiger partial charge in [-0.15, -0.1) is 0 Å². The van der Waals surface area contributed by atoms with Gasteiger partial charge in [-0.25, -0.2) is 0 Å². The van der Waals surface area contributed by atoms with E-state index in [1.54, 1.807) is 16.8 Å². The molecule has 2 rings (SSSR count). The van der Waals surface area contributed by atoms with Crippen molar-refractivity contribution < 1.29 is 4.79 Å². The first kappa shape index (κ1) is 8.26. The molecule has 3 nitrogen and oxygen atoms in total. The molecule has 0 atom stereocenters. The lowest BCUT2D eigenvalue weighted by Crippen LogP contribution is -1.88. The van der Waals surface area contributed by atoms with Crippen LogP contribution in [-0.2, 0) is 7.05 Å². The van der Waals surface area contributed by atoms with E-state index in [9.17, 15) is 4.79 Å². The molecule has 0 radical (unpaired) electrons. The molecule has 4 heteroatoms. The Hall–Kier alpha value is -1.35. The topological polar surface area (TPSA) is 34.9 Å². The predicted molar refractivity (Wildman–Crippen MR) is 51.1 cm³/mol. The number of aromatic nitrogens is 2. The van der Waals surface area contributed by atoms with Crippen LogP contribution in [0.1, 0.15) is 10.4 Å². The number of hydrogen-bond donors (Lipinski definition) is 0. The van der Waals surface area contributed by atoms with E-state index in [0.29, 0.717) is 10.7 Å². The zero-order valence-corrected chi connectivity index (χ0v) is 7.75.